The molecule has 2 aromatic carbocycles. The molecule has 1 N–H and O–H groups in total. The van der Waals surface area contributed by atoms with Gasteiger partial charge < -0.3 is 5.11 Å². The minimum Gasteiger partial charge on any atom is -0.478 e. The molecule has 2 nitrogen and oxygen atoms in total. The van der Waals surface area contributed by atoms with Crippen LogP contribution in [0.1, 0.15) is 35.7 Å². The number of benzene rings is 2. The minimum atomic E-state index is -1.12. The van der Waals surface area contributed by atoms with Crippen LogP contribution in [0.3, 0.4) is 0 Å². The third kappa shape index (κ3) is 3.39. The standard InChI is InChI=1S/C16H15FO2S/c1-10(2)11-3-6-13(7-4-11)20-15-8-5-12(17)9-14(15)16(18)19/h3-10H,1-2H3,(H,18,19). The van der Waals surface area contributed by atoms with Gasteiger partial charge in [-0.1, -0.05) is 37.7 Å². The van der Waals surface area contributed by atoms with Crippen molar-refractivity contribution in [3.63, 3.8) is 0 Å². The summed E-state index contributed by atoms with van der Waals surface area (Å²) in [6.45, 7) is 4.23. The molecule has 0 aliphatic heterocycles. The number of carboxylic acid groups (broad SMARTS) is 1. The Kier molecular flexibility index (Phi) is 4.45. The summed E-state index contributed by atoms with van der Waals surface area (Å²) < 4.78 is 13.1. The van der Waals surface area contributed by atoms with E-state index < -0.39 is 11.8 Å². The Balaban J connectivity index is 2.28. The molecule has 20 heavy (non-hydrogen) atoms. The van der Waals surface area contributed by atoms with Crippen molar-refractivity contribution in [2.24, 2.45) is 0 Å². The van der Waals surface area contributed by atoms with Crippen LogP contribution >= 0.6 is 11.8 Å². The molecule has 0 bridgehead atoms. The largest absolute Gasteiger partial charge is 0.478 e. The van der Waals surface area contributed by atoms with Gasteiger partial charge in [0.25, 0.3) is 0 Å². The number of hydrogen-bond donors (Lipinski definition) is 1. The fourth-order valence-electron chi connectivity index (χ4n) is 1.81. The van der Waals surface area contributed by atoms with Gasteiger partial charge in [0.1, 0.15) is 5.82 Å². The Hall–Kier alpha value is -1.81. The van der Waals surface area contributed by atoms with E-state index in [2.05, 4.69) is 13.8 Å². The van der Waals surface area contributed by atoms with Crippen LogP contribution in [0.4, 0.5) is 4.39 Å². The van der Waals surface area contributed by atoms with Gasteiger partial charge in [-0.05, 0) is 41.8 Å². The predicted octanol–water partition coefficient (Wildman–Crippen LogP) is 4.80. The van der Waals surface area contributed by atoms with E-state index in [1.165, 1.54) is 29.5 Å². The van der Waals surface area contributed by atoms with E-state index >= 15 is 0 Å². The summed E-state index contributed by atoms with van der Waals surface area (Å²) in [4.78, 5) is 12.6. The van der Waals surface area contributed by atoms with Gasteiger partial charge in [0.05, 0.1) is 5.56 Å². The third-order valence-electron chi connectivity index (χ3n) is 2.95. The first-order valence-electron chi connectivity index (χ1n) is 6.28. The normalized spacial score (nSPS) is 10.8. The molecule has 0 spiro atoms. The molecule has 0 aliphatic carbocycles. The zero-order chi connectivity index (χ0) is 14.7. The van der Waals surface area contributed by atoms with E-state index in [0.717, 1.165) is 11.0 Å². The second kappa shape index (κ2) is 6.09. The number of carbonyl (C=O) groups is 1. The Morgan fingerprint density at radius 2 is 1.80 bits per heavy atom. The number of halogens is 1. The van der Waals surface area contributed by atoms with Crippen molar-refractivity contribution in [2.75, 3.05) is 0 Å². The molecule has 0 saturated carbocycles. The maximum atomic E-state index is 13.1. The second-order valence-corrected chi connectivity index (χ2v) is 5.89. The highest BCUT2D eigenvalue weighted by Crippen LogP contribution is 2.31. The summed E-state index contributed by atoms with van der Waals surface area (Å²) in [5.41, 5.74) is 1.22. The average Bonchev–Trinajstić information content (AvgIpc) is 2.41. The van der Waals surface area contributed by atoms with E-state index in [1.54, 1.807) is 0 Å². The van der Waals surface area contributed by atoms with Crippen LogP contribution in [0.5, 0.6) is 0 Å². The summed E-state index contributed by atoms with van der Waals surface area (Å²) in [6, 6.07) is 11.8. The Morgan fingerprint density at radius 3 is 2.35 bits per heavy atom. The average molecular weight is 290 g/mol. The van der Waals surface area contributed by atoms with Crippen molar-refractivity contribution >= 4 is 17.7 Å². The molecule has 104 valence electrons. The van der Waals surface area contributed by atoms with E-state index in [9.17, 15) is 9.18 Å². The van der Waals surface area contributed by atoms with E-state index in [1.807, 2.05) is 24.3 Å². The summed E-state index contributed by atoms with van der Waals surface area (Å²) in [5, 5.41) is 9.11. The van der Waals surface area contributed by atoms with Crippen LogP contribution in [0.15, 0.2) is 52.3 Å². The molecule has 2 aromatic rings. The lowest BCUT2D eigenvalue weighted by molar-refractivity contribution is 0.0692. The molecule has 0 unspecified atom stereocenters. The first-order chi connectivity index (χ1) is 9.47. The number of carboxylic acids is 1. The summed E-state index contributed by atoms with van der Waals surface area (Å²) >= 11 is 1.32. The molecule has 0 saturated heterocycles. The molecule has 0 fully saturated rings. The summed E-state index contributed by atoms with van der Waals surface area (Å²) in [5.74, 6) is -1.21. The first kappa shape index (κ1) is 14.6. The van der Waals surface area contributed by atoms with Gasteiger partial charge >= 0.3 is 5.97 Å². The molecule has 0 radical (unpaired) electrons. The second-order valence-electron chi connectivity index (χ2n) is 4.77. The van der Waals surface area contributed by atoms with Gasteiger partial charge in [-0.3, -0.25) is 0 Å². The van der Waals surface area contributed by atoms with Crippen LogP contribution in [0.2, 0.25) is 0 Å². The lowest BCUT2D eigenvalue weighted by Crippen LogP contribution is -1.99. The Labute approximate surface area is 121 Å². The minimum absolute atomic E-state index is 0.0112. The first-order valence-corrected chi connectivity index (χ1v) is 7.09. The van der Waals surface area contributed by atoms with Crippen molar-refractivity contribution in [1.82, 2.24) is 0 Å². The molecule has 0 aliphatic rings. The molecule has 4 heteroatoms. The van der Waals surface area contributed by atoms with E-state index in [4.69, 9.17) is 5.11 Å². The van der Waals surface area contributed by atoms with Gasteiger partial charge in [0.15, 0.2) is 0 Å². The quantitative estimate of drug-likeness (QED) is 0.879. The topological polar surface area (TPSA) is 37.3 Å². The number of rotatable bonds is 4. The third-order valence-corrected chi connectivity index (χ3v) is 4.03. The fourth-order valence-corrected chi connectivity index (χ4v) is 2.72. The predicted molar refractivity (Wildman–Crippen MR) is 78.0 cm³/mol. The Morgan fingerprint density at radius 1 is 1.15 bits per heavy atom. The van der Waals surface area contributed by atoms with Gasteiger partial charge in [-0.25, -0.2) is 9.18 Å². The zero-order valence-corrected chi connectivity index (χ0v) is 12.1. The molecular weight excluding hydrogens is 275 g/mol. The smallest absolute Gasteiger partial charge is 0.336 e. The highest BCUT2D eigenvalue weighted by Gasteiger charge is 2.12. The molecule has 0 aromatic heterocycles. The molecule has 0 amide bonds. The lowest BCUT2D eigenvalue weighted by Gasteiger charge is -2.08. The molecule has 2 rings (SSSR count). The number of hydrogen-bond acceptors (Lipinski definition) is 2. The molecule has 0 atom stereocenters. The summed E-state index contributed by atoms with van der Waals surface area (Å²) in [6.07, 6.45) is 0. The highest BCUT2D eigenvalue weighted by molar-refractivity contribution is 7.99. The molecule has 0 heterocycles. The zero-order valence-electron chi connectivity index (χ0n) is 11.3. The van der Waals surface area contributed by atoms with Crippen LogP contribution in [-0.2, 0) is 0 Å². The maximum Gasteiger partial charge on any atom is 0.336 e. The lowest BCUT2D eigenvalue weighted by atomic mass is 10.0. The van der Waals surface area contributed by atoms with Crippen LogP contribution in [0, 0.1) is 5.82 Å². The van der Waals surface area contributed by atoms with Crippen LogP contribution in [-0.4, -0.2) is 11.1 Å². The van der Waals surface area contributed by atoms with Crippen molar-refractivity contribution in [3.8, 4) is 0 Å². The van der Waals surface area contributed by atoms with Crippen molar-refractivity contribution < 1.29 is 14.3 Å². The Bertz CT molecular complexity index is 621. The van der Waals surface area contributed by atoms with Gasteiger partial charge in [-0.15, -0.1) is 0 Å². The molecular formula is C16H15FO2S. The van der Waals surface area contributed by atoms with Crippen molar-refractivity contribution in [1.29, 1.82) is 0 Å². The van der Waals surface area contributed by atoms with Crippen LogP contribution < -0.4 is 0 Å². The fraction of sp³-hybridized carbons (Fsp3) is 0.188. The summed E-state index contributed by atoms with van der Waals surface area (Å²) in [7, 11) is 0. The highest BCUT2D eigenvalue weighted by atomic mass is 32.2. The van der Waals surface area contributed by atoms with E-state index in [0.29, 0.717) is 10.8 Å². The van der Waals surface area contributed by atoms with Gasteiger partial charge in [0, 0.05) is 9.79 Å². The van der Waals surface area contributed by atoms with Crippen LogP contribution in [0.25, 0.3) is 0 Å². The monoisotopic (exact) mass is 290 g/mol. The van der Waals surface area contributed by atoms with Gasteiger partial charge in [-0.2, -0.15) is 0 Å². The van der Waals surface area contributed by atoms with Gasteiger partial charge in [0.2, 0.25) is 0 Å². The van der Waals surface area contributed by atoms with Crippen molar-refractivity contribution in [3.05, 3.63) is 59.4 Å². The SMILES string of the molecule is CC(C)c1ccc(Sc2ccc(F)cc2C(=O)O)cc1. The van der Waals surface area contributed by atoms with E-state index in [-0.39, 0.29) is 5.56 Å². The number of aromatic carboxylic acids is 1. The van der Waals surface area contributed by atoms with Crippen molar-refractivity contribution in [2.45, 2.75) is 29.6 Å². The maximum absolute atomic E-state index is 13.1.